The third-order valence-electron chi connectivity index (χ3n) is 3.21. The van der Waals surface area contributed by atoms with Gasteiger partial charge in [0.1, 0.15) is 10.8 Å². The van der Waals surface area contributed by atoms with Crippen molar-refractivity contribution in [1.29, 1.82) is 0 Å². The number of carbonyl (C=O) groups is 1. The highest BCUT2D eigenvalue weighted by Gasteiger charge is 2.31. The van der Waals surface area contributed by atoms with Gasteiger partial charge < -0.3 is 4.90 Å². The van der Waals surface area contributed by atoms with Crippen LogP contribution in [0.5, 0.6) is 0 Å². The molecule has 0 radical (unpaired) electrons. The lowest BCUT2D eigenvalue weighted by Gasteiger charge is -2.23. The van der Waals surface area contributed by atoms with Crippen LogP contribution in [0.15, 0.2) is 29.9 Å². The Labute approximate surface area is 120 Å². The summed E-state index contributed by atoms with van der Waals surface area (Å²) in [6.45, 7) is 0.760. The fourth-order valence-corrected chi connectivity index (χ4v) is 3.40. The summed E-state index contributed by atoms with van der Waals surface area (Å²) >= 11 is 7.47. The van der Waals surface area contributed by atoms with Gasteiger partial charge in [0, 0.05) is 11.4 Å². The summed E-state index contributed by atoms with van der Waals surface area (Å²) in [6.07, 6.45) is 4.92. The van der Waals surface area contributed by atoms with Gasteiger partial charge in [-0.15, -0.1) is 11.3 Å². The van der Waals surface area contributed by atoms with Crippen LogP contribution in [0.3, 0.4) is 0 Å². The van der Waals surface area contributed by atoms with E-state index in [1.807, 2.05) is 16.3 Å². The van der Waals surface area contributed by atoms with E-state index in [0.717, 1.165) is 19.4 Å². The predicted molar refractivity (Wildman–Crippen MR) is 74.4 cm³/mol. The summed E-state index contributed by atoms with van der Waals surface area (Å²) in [5, 5.41) is 2.29. The molecule has 1 aliphatic heterocycles. The first-order chi connectivity index (χ1) is 9.25. The van der Waals surface area contributed by atoms with Crippen LogP contribution in [0, 0.1) is 0 Å². The second-order valence-corrected chi connectivity index (χ2v) is 5.77. The monoisotopic (exact) mass is 293 g/mol. The van der Waals surface area contributed by atoms with E-state index < -0.39 is 0 Å². The quantitative estimate of drug-likeness (QED) is 0.854. The Morgan fingerprint density at radius 1 is 1.47 bits per heavy atom. The fourth-order valence-electron chi connectivity index (χ4n) is 2.38. The van der Waals surface area contributed by atoms with E-state index in [0.29, 0.717) is 5.69 Å². The molecular weight excluding hydrogens is 282 g/mol. The summed E-state index contributed by atoms with van der Waals surface area (Å²) in [5.74, 6) is -0.0918. The first-order valence-electron chi connectivity index (χ1n) is 6.07. The Kier molecular flexibility index (Phi) is 3.48. The largest absolute Gasteiger partial charge is 0.329 e. The number of amides is 1. The van der Waals surface area contributed by atoms with Crippen molar-refractivity contribution >= 4 is 28.8 Å². The molecule has 0 N–H and O–H groups in total. The van der Waals surface area contributed by atoms with Gasteiger partial charge in [0.2, 0.25) is 0 Å². The Morgan fingerprint density at radius 2 is 2.37 bits per heavy atom. The molecule has 1 aliphatic rings. The second-order valence-electron chi connectivity index (χ2n) is 4.40. The first-order valence-corrected chi connectivity index (χ1v) is 7.33. The lowest BCUT2D eigenvalue weighted by Crippen LogP contribution is -2.31. The topological polar surface area (TPSA) is 46.1 Å². The number of likely N-dealkylation sites (tertiary alicyclic amines) is 1. The zero-order valence-electron chi connectivity index (χ0n) is 10.1. The molecule has 1 fully saturated rings. The van der Waals surface area contributed by atoms with Crippen LogP contribution in [-0.4, -0.2) is 27.3 Å². The molecule has 1 atom stereocenters. The van der Waals surface area contributed by atoms with Gasteiger partial charge in [-0.2, -0.15) is 0 Å². The van der Waals surface area contributed by atoms with Crippen LogP contribution >= 0.6 is 22.9 Å². The minimum atomic E-state index is -0.0918. The summed E-state index contributed by atoms with van der Waals surface area (Å²) in [7, 11) is 0. The van der Waals surface area contributed by atoms with Gasteiger partial charge in [0.05, 0.1) is 18.4 Å². The average molecular weight is 294 g/mol. The van der Waals surface area contributed by atoms with E-state index in [1.54, 1.807) is 11.3 Å². The second kappa shape index (κ2) is 5.27. The molecule has 1 saturated heterocycles. The Hall–Kier alpha value is -1.46. The molecule has 0 aliphatic carbocycles. The van der Waals surface area contributed by atoms with Crippen molar-refractivity contribution in [3.05, 3.63) is 45.6 Å². The molecule has 0 spiro atoms. The summed E-state index contributed by atoms with van der Waals surface area (Å²) in [5.41, 5.74) is 0.316. The molecule has 19 heavy (non-hydrogen) atoms. The van der Waals surface area contributed by atoms with Gasteiger partial charge >= 0.3 is 0 Å². The normalized spacial score (nSPS) is 18.8. The Bertz CT molecular complexity index is 587. The molecule has 2 aromatic heterocycles. The van der Waals surface area contributed by atoms with Crippen molar-refractivity contribution in [2.45, 2.75) is 18.9 Å². The molecule has 2 aromatic rings. The van der Waals surface area contributed by atoms with E-state index in [2.05, 4.69) is 16.0 Å². The summed E-state index contributed by atoms with van der Waals surface area (Å²) in [6, 6.07) is 4.25. The van der Waals surface area contributed by atoms with Gasteiger partial charge in [0.25, 0.3) is 5.91 Å². The molecule has 98 valence electrons. The summed E-state index contributed by atoms with van der Waals surface area (Å²) < 4.78 is 0. The lowest BCUT2D eigenvalue weighted by atomic mass is 10.2. The van der Waals surface area contributed by atoms with Crippen LogP contribution < -0.4 is 0 Å². The van der Waals surface area contributed by atoms with Crippen molar-refractivity contribution < 1.29 is 4.79 Å². The fraction of sp³-hybridized carbons (Fsp3) is 0.308. The maximum atomic E-state index is 12.5. The molecule has 1 unspecified atom stereocenters. The highest BCUT2D eigenvalue weighted by Crippen LogP contribution is 2.35. The maximum absolute atomic E-state index is 12.5. The molecule has 3 heterocycles. The number of aromatic nitrogens is 2. The molecule has 0 saturated carbocycles. The van der Waals surface area contributed by atoms with Crippen LogP contribution in [0.25, 0.3) is 0 Å². The van der Waals surface area contributed by atoms with E-state index in [-0.39, 0.29) is 17.1 Å². The number of thiophene rings is 1. The molecule has 6 heteroatoms. The van der Waals surface area contributed by atoms with Crippen LogP contribution in [0.4, 0.5) is 0 Å². The van der Waals surface area contributed by atoms with Gasteiger partial charge in [-0.1, -0.05) is 17.7 Å². The van der Waals surface area contributed by atoms with Crippen molar-refractivity contribution in [2.24, 2.45) is 0 Å². The maximum Gasteiger partial charge on any atom is 0.274 e. The van der Waals surface area contributed by atoms with Gasteiger partial charge in [-0.05, 0) is 24.3 Å². The number of hydrogen-bond acceptors (Lipinski definition) is 4. The molecule has 4 nitrogen and oxygen atoms in total. The number of carbonyl (C=O) groups excluding carboxylic acids is 1. The zero-order valence-corrected chi connectivity index (χ0v) is 11.7. The summed E-state index contributed by atoms with van der Waals surface area (Å²) in [4.78, 5) is 23.5. The van der Waals surface area contributed by atoms with Crippen LogP contribution in [0.1, 0.15) is 34.2 Å². The van der Waals surface area contributed by atoms with Gasteiger partial charge in [-0.3, -0.25) is 9.78 Å². The third kappa shape index (κ3) is 2.48. The number of hydrogen-bond donors (Lipinski definition) is 0. The van der Waals surface area contributed by atoms with E-state index in [1.165, 1.54) is 17.3 Å². The van der Waals surface area contributed by atoms with Crippen LogP contribution in [0.2, 0.25) is 5.15 Å². The predicted octanol–water partition coefficient (Wildman–Crippen LogP) is 3.17. The minimum absolute atomic E-state index is 0.0918. The smallest absolute Gasteiger partial charge is 0.274 e. The van der Waals surface area contributed by atoms with Crippen molar-refractivity contribution in [3.8, 4) is 0 Å². The highest BCUT2D eigenvalue weighted by molar-refractivity contribution is 7.10. The van der Waals surface area contributed by atoms with Gasteiger partial charge in [0.15, 0.2) is 0 Å². The zero-order chi connectivity index (χ0) is 13.2. The minimum Gasteiger partial charge on any atom is -0.329 e. The molecule has 1 amide bonds. The van der Waals surface area contributed by atoms with E-state index >= 15 is 0 Å². The number of nitrogens with zero attached hydrogens (tertiary/aromatic N) is 3. The molecular formula is C13H12ClN3OS. The standard InChI is InChI=1S/C13H12ClN3OS/c14-12-8-15-7-9(16-12)13(18)17-5-1-3-10(17)11-4-2-6-19-11/h2,4,6-8,10H,1,3,5H2. The van der Waals surface area contributed by atoms with Crippen LogP contribution in [-0.2, 0) is 0 Å². The Morgan fingerprint density at radius 3 is 3.11 bits per heavy atom. The first kappa shape index (κ1) is 12.6. The highest BCUT2D eigenvalue weighted by atomic mass is 35.5. The van der Waals surface area contributed by atoms with Crippen molar-refractivity contribution in [3.63, 3.8) is 0 Å². The Balaban J connectivity index is 1.87. The molecule has 0 aromatic carbocycles. The SMILES string of the molecule is O=C(c1cncc(Cl)n1)N1CCCC1c1cccs1. The van der Waals surface area contributed by atoms with Gasteiger partial charge in [-0.25, -0.2) is 4.98 Å². The van der Waals surface area contributed by atoms with Crippen molar-refractivity contribution in [1.82, 2.24) is 14.9 Å². The number of rotatable bonds is 2. The third-order valence-corrected chi connectivity index (χ3v) is 4.37. The number of halogens is 1. The van der Waals surface area contributed by atoms with Crippen molar-refractivity contribution in [2.75, 3.05) is 6.54 Å². The average Bonchev–Trinajstić information content (AvgIpc) is 3.08. The van der Waals surface area contributed by atoms with E-state index in [9.17, 15) is 4.79 Å². The lowest BCUT2D eigenvalue weighted by molar-refractivity contribution is 0.0731. The molecule has 0 bridgehead atoms. The molecule has 3 rings (SSSR count). The van der Waals surface area contributed by atoms with E-state index in [4.69, 9.17) is 11.6 Å².